The van der Waals surface area contributed by atoms with Gasteiger partial charge in [0.05, 0.1) is 6.10 Å². The van der Waals surface area contributed by atoms with Gasteiger partial charge in [0.25, 0.3) is 0 Å². The second-order valence-electron chi connectivity index (χ2n) is 4.93. The lowest BCUT2D eigenvalue weighted by atomic mass is 9.79. The van der Waals surface area contributed by atoms with E-state index in [-0.39, 0.29) is 6.10 Å². The van der Waals surface area contributed by atoms with Gasteiger partial charge in [-0.25, -0.2) is 0 Å². The van der Waals surface area contributed by atoms with Gasteiger partial charge < -0.3 is 5.11 Å². The lowest BCUT2D eigenvalue weighted by Gasteiger charge is -2.28. The standard InChI is InChI=1S/C15H20O/c1-11(2)10-15(16)14-9-5-7-12-6-3-4-8-13(12)14/h3-4,6,8,10,14-16H,5,7,9H2,1-2H3. The number of fused-ring (bicyclic) bond motifs is 1. The summed E-state index contributed by atoms with van der Waals surface area (Å²) in [7, 11) is 0. The number of benzene rings is 1. The Morgan fingerprint density at radius 3 is 2.88 bits per heavy atom. The number of aliphatic hydroxyl groups is 1. The van der Waals surface area contributed by atoms with Gasteiger partial charge in [0.2, 0.25) is 0 Å². The van der Waals surface area contributed by atoms with Crippen molar-refractivity contribution in [2.45, 2.75) is 45.1 Å². The Morgan fingerprint density at radius 2 is 2.12 bits per heavy atom. The molecule has 2 rings (SSSR count). The van der Waals surface area contributed by atoms with Crippen LogP contribution in [-0.4, -0.2) is 11.2 Å². The van der Waals surface area contributed by atoms with Gasteiger partial charge in [-0.1, -0.05) is 35.9 Å². The number of aryl methyl sites for hydroxylation is 1. The monoisotopic (exact) mass is 216 g/mol. The van der Waals surface area contributed by atoms with E-state index in [0.717, 1.165) is 12.8 Å². The molecule has 1 aromatic rings. The van der Waals surface area contributed by atoms with Crippen molar-refractivity contribution in [3.63, 3.8) is 0 Å². The van der Waals surface area contributed by atoms with Crippen LogP contribution in [0.5, 0.6) is 0 Å². The van der Waals surface area contributed by atoms with Crippen LogP contribution in [-0.2, 0) is 6.42 Å². The van der Waals surface area contributed by atoms with Gasteiger partial charge in [-0.3, -0.25) is 0 Å². The average molecular weight is 216 g/mol. The average Bonchev–Trinajstić information content (AvgIpc) is 2.27. The van der Waals surface area contributed by atoms with Crippen molar-refractivity contribution < 1.29 is 5.11 Å². The Morgan fingerprint density at radius 1 is 1.38 bits per heavy atom. The van der Waals surface area contributed by atoms with Crippen LogP contribution < -0.4 is 0 Å². The zero-order valence-electron chi connectivity index (χ0n) is 10.1. The van der Waals surface area contributed by atoms with Gasteiger partial charge in [-0.05, 0) is 44.2 Å². The van der Waals surface area contributed by atoms with E-state index >= 15 is 0 Å². The third kappa shape index (κ3) is 2.35. The highest BCUT2D eigenvalue weighted by Crippen LogP contribution is 2.34. The highest BCUT2D eigenvalue weighted by Gasteiger charge is 2.24. The Kier molecular flexibility index (Phi) is 3.45. The zero-order valence-corrected chi connectivity index (χ0v) is 10.1. The molecule has 0 heterocycles. The van der Waals surface area contributed by atoms with Gasteiger partial charge in [-0.2, -0.15) is 0 Å². The van der Waals surface area contributed by atoms with Crippen LogP contribution in [0.2, 0.25) is 0 Å². The Labute approximate surface area is 97.8 Å². The fraction of sp³-hybridized carbons (Fsp3) is 0.467. The van der Waals surface area contributed by atoms with Crippen molar-refractivity contribution >= 4 is 0 Å². The highest BCUT2D eigenvalue weighted by molar-refractivity contribution is 5.34. The Hall–Kier alpha value is -1.08. The lowest BCUT2D eigenvalue weighted by molar-refractivity contribution is 0.179. The molecule has 1 aromatic carbocycles. The van der Waals surface area contributed by atoms with Crippen LogP contribution in [0.4, 0.5) is 0 Å². The number of hydrogen-bond donors (Lipinski definition) is 1. The summed E-state index contributed by atoms with van der Waals surface area (Å²) in [5.74, 6) is 0.292. The van der Waals surface area contributed by atoms with Crippen LogP contribution in [0.25, 0.3) is 0 Å². The fourth-order valence-corrected chi connectivity index (χ4v) is 2.60. The van der Waals surface area contributed by atoms with Crippen molar-refractivity contribution in [2.24, 2.45) is 0 Å². The number of aliphatic hydroxyl groups excluding tert-OH is 1. The minimum atomic E-state index is -0.327. The molecule has 0 saturated carbocycles. The predicted octanol–water partition coefficient (Wildman–Crippen LogP) is 3.43. The first-order chi connectivity index (χ1) is 7.68. The molecule has 2 unspecified atom stereocenters. The molecule has 1 aliphatic rings. The van der Waals surface area contributed by atoms with E-state index in [1.54, 1.807) is 0 Å². The van der Waals surface area contributed by atoms with Crippen molar-refractivity contribution in [3.8, 4) is 0 Å². The highest BCUT2D eigenvalue weighted by atomic mass is 16.3. The Bertz CT molecular complexity index is 388. The third-order valence-electron chi connectivity index (χ3n) is 3.33. The second-order valence-corrected chi connectivity index (χ2v) is 4.93. The summed E-state index contributed by atoms with van der Waals surface area (Å²) in [6.07, 6.45) is 5.10. The molecule has 0 bridgehead atoms. The minimum Gasteiger partial charge on any atom is -0.388 e. The van der Waals surface area contributed by atoms with Gasteiger partial charge in [0, 0.05) is 5.92 Å². The van der Waals surface area contributed by atoms with Crippen LogP contribution in [0.1, 0.15) is 43.7 Å². The van der Waals surface area contributed by atoms with E-state index in [2.05, 4.69) is 24.3 Å². The molecule has 0 aromatic heterocycles. The van der Waals surface area contributed by atoms with E-state index in [4.69, 9.17) is 0 Å². The van der Waals surface area contributed by atoms with Crippen LogP contribution in [0.3, 0.4) is 0 Å². The first-order valence-electron chi connectivity index (χ1n) is 6.09. The topological polar surface area (TPSA) is 20.2 Å². The normalized spacial score (nSPS) is 21.1. The van der Waals surface area contributed by atoms with E-state index < -0.39 is 0 Å². The molecule has 1 aliphatic carbocycles. The molecule has 1 N–H and O–H groups in total. The van der Waals surface area contributed by atoms with Crippen molar-refractivity contribution in [1.29, 1.82) is 0 Å². The van der Waals surface area contributed by atoms with E-state index in [1.165, 1.54) is 23.1 Å². The number of allylic oxidation sites excluding steroid dienone is 1. The molecule has 0 saturated heterocycles. The fourth-order valence-electron chi connectivity index (χ4n) is 2.60. The molecule has 0 fully saturated rings. The maximum absolute atomic E-state index is 10.2. The summed E-state index contributed by atoms with van der Waals surface area (Å²) in [5.41, 5.74) is 3.95. The lowest BCUT2D eigenvalue weighted by Crippen LogP contribution is -2.21. The first-order valence-corrected chi connectivity index (χ1v) is 6.09. The SMILES string of the molecule is CC(C)=CC(O)C1CCCc2ccccc21. The molecule has 0 amide bonds. The summed E-state index contributed by atoms with van der Waals surface area (Å²) >= 11 is 0. The van der Waals surface area contributed by atoms with E-state index in [0.29, 0.717) is 5.92 Å². The largest absolute Gasteiger partial charge is 0.388 e. The summed E-state index contributed by atoms with van der Waals surface area (Å²) in [4.78, 5) is 0. The molecule has 1 nitrogen and oxygen atoms in total. The summed E-state index contributed by atoms with van der Waals surface area (Å²) in [5, 5.41) is 10.2. The van der Waals surface area contributed by atoms with Crippen LogP contribution >= 0.6 is 0 Å². The number of rotatable bonds is 2. The molecule has 0 radical (unpaired) electrons. The second kappa shape index (κ2) is 4.84. The zero-order chi connectivity index (χ0) is 11.5. The van der Waals surface area contributed by atoms with Gasteiger partial charge in [0.15, 0.2) is 0 Å². The molecular formula is C15H20O. The summed E-state index contributed by atoms with van der Waals surface area (Å²) in [6.45, 7) is 4.08. The Balaban J connectivity index is 2.28. The van der Waals surface area contributed by atoms with Crippen molar-refractivity contribution in [3.05, 3.63) is 47.0 Å². The molecular weight excluding hydrogens is 196 g/mol. The van der Waals surface area contributed by atoms with Gasteiger partial charge in [0.1, 0.15) is 0 Å². The summed E-state index contributed by atoms with van der Waals surface area (Å²) in [6, 6.07) is 8.53. The predicted molar refractivity (Wildman–Crippen MR) is 67.6 cm³/mol. The van der Waals surface area contributed by atoms with Crippen molar-refractivity contribution in [1.82, 2.24) is 0 Å². The number of hydrogen-bond acceptors (Lipinski definition) is 1. The van der Waals surface area contributed by atoms with Gasteiger partial charge in [-0.15, -0.1) is 0 Å². The molecule has 0 aliphatic heterocycles. The maximum atomic E-state index is 10.2. The molecule has 2 atom stereocenters. The third-order valence-corrected chi connectivity index (χ3v) is 3.33. The van der Waals surface area contributed by atoms with Crippen molar-refractivity contribution in [2.75, 3.05) is 0 Å². The molecule has 16 heavy (non-hydrogen) atoms. The molecule has 1 heteroatoms. The maximum Gasteiger partial charge on any atom is 0.0791 e. The van der Waals surface area contributed by atoms with E-state index in [9.17, 15) is 5.11 Å². The van der Waals surface area contributed by atoms with Crippen LogP contribution in [0.15, 0.2) is 35.9 Å². The van der Waals surface area contributed by atoms with E-state index in [1.807, 2.05) is 19.9 Å². The quantitative estimate of drug-likeness (QED) is 0.751. The minimum absolute atomic E-state index is 0.292. The molecule has 86 valence electrons. The summed E-state index contributed by atoms with van der Waals surface area (Å²) < 4.78 is 0. The smallest absolute Gasteiger partial charge is 0.0791 e. The molecule has 0 spiro atoms. The first kappa shape index (κ1) is 11.4. The van der Waals surface area contributed by atoms with Crippen LogP contribution in [0, 0.1) is 0 Å². The van der Waals surface area contributed by atoms with Gasteiger partial charge >= 0.3 is 0 Å².